The van der Waals surface area contributed by atoms with Crippen LogP contribution in [-0.4, -0.2) is 17.0 Å². The fourth-order valence-corrected chi connectivity index (χ4v) is 1.86. The van der Waals surface area contributed by atoms with E-state index in [1.807, 2.05) is 0 Å². The summed E-state index contributed by atoms with van der Waals surface area (Å²) in [5, 5.41) is 9.25. The second kappa shape index (κ2) is 6.04. The van der Waals surface area contributed by atoms with Crippen molar-refractivity contribution in [1.29, 1.82) is 0 Å². The SMILES string of the molecule is NC(=O)c1c(F)cccc1OC(C(=O)O)c1ccccc1. The zero-order valence-corrected chi connectivity index (χ0v) is 10.8. The molecule has 1 atom stereocenters. The van der Waals surface area contributed by atoms with Gasteiger partial charge in [0.05, 0.1) is 0 Å². The lowest BCUT2D eigenvalue weighted by Gasteiger charge is -2.17. The molecule has 0 aliphatic rings. The van der Waals surface area contributed by atoms with E-state index in [2.05, 4.69) is 0 Å². The van der Waals surface area contributed by atoms with Gasteiger partial charge in [-0.05, 0) is 12.1 Å². The third-order valence-corrected chi connectivity index (χ3v) is 2.79. The van der Waals surface area contributed by atoms with Gasteiger partial charge in [-0.15, -0.1) is 0 Å². The predicted molar refractivity (Wildman–Crippen MR) is 72.4 cm³/mol. The second-order valence-corrected chi connectivity index (χ2v) is 4.22. The first-order valence-corrected chi connectivity index (χ1v) is 6.03. The van der Waals surface area contributed by atoms with E-state index in [4.69, 9.17) is 10.5 Å². The van der Waals surface area contributed by atoms with Crippen molar-refractivity contribution >= 4 is 11.9 Å². The van der Waals surface area contributed by atoms with Gasteiger partial charge in [-0.1, -0.05) is 36.4 Å². The number of halogens is 1. The van der Waals surface area contributed by atoms with Gasteiger partial charge in [-0.25, -0.2) is 9.18 Å². The summed E-state index contributed by atoms with van der Waals surface area (Å²) >= 11 is 0. The average molecular weight is 289 g/mol. The average Bonchev–Trinajstić information content (AvgIpc) is 2.45. The molecule has 0 radical (unpaired) electrons. The molecular weight excluding hydrogens is 277 g/mol. The number of primary amides is 1. The number of benzene rings is 2. The third kappa shape index (κ3) is 3.17. The number of carboxylic acids is 1. The molecule has 0 saturated carbocycles. The molecule has 2 aromatic carbocycles. The summed E-state index contributed by atoms with van der Waals surface area (Å²) in [5.41, 5.74) is 4.99. The molecule has 2 aromatic rings. The fraction of sp³-hybridized carbons (Fsp3) is 0.0667. The van der Waals surface area contributed by atoms with Crippen LogP contribution in [0, 0.1) is 5.82 Å². The Kier molecular flexibility index (Phi) is 4.18. The summed E-state index contributed by atoms with van der Waals surface area (Å²) in [4.78, 5) is 22.6. The van der Waals surface area contributed by atoms with Crippen molar-refractivity contribution < 1.29 is 23.8 Å². The van der Waals surface area contributed by atoms with Crippen molar-refractivity contribution in [2.45, 2.75) is 6.10 Å². The molecule has 0 aliphatic carbocycles. The number of hydrogen-bond donors (Lipinski definition) is 2. The van der Waals surface area contributed by atoms with Crippen LogP contribution in [-0.2, 0) is 4.79 Å². The molecule has 0 spiro atoms. The van der Waals surface area contributed by atoms with Gasteiger partial charge >= 0.3 is 5.97 Å². The van der Waals surface area contributed by atoms with Crippen LogP contribution < -0.4 is 10.5 Å². The van der Waals surface area contributed by atoms with Crippen LogP contribution in [0.3, 0.4) is 0 Å². The van der Waals surface area contributed by atoms with Crippen LogP contribution in [0.2, 0.25) is 0 Å². The molecule has 1 amide bonds. The molecule has 5 nitrogen and oxygen atoms in total. The molecule has 0 aliphatic heterocycles. The minimum atomic E-state index is -1.37. The van der Waals surface area contributed by atoms with Crippen LogP contribution in [0.15, 0.2) is 48.5 Å². The normalized spacial score (nSPS) is 11.7. The van der Waals surface area contributed by atoms with Gasteiger partial charge in [0, 0.05) is 5.56 Å². The van der Waals surface area contributed by atoms with Gasteiger partial charge in [0.25, 0.3) is 5.91 Å². The Balaban J connectivity index is 2.41. The molecule has 0 bridgehead atoms. The van der Waals surface area contributed by atoms with Crippen molar-refractivity contribution in [2.75, 3.05) is 0 Å². The first-order valence-electron chi connectivity index (χ1n) is 6.03. The minimum absolute atomic E-state index is 0.209. The van der Waals surface area contributed by atoms with E-state index in [1.165, 1.54) is 12.1 Å². The molecule has 1 unspecified atom stereocenters. The van der Waals surface area contributed by atoms with E-state index < -0.39 is 29.4 Å². The van der Waals surface area contributed by atoms with Gasteiger partial charge in [-0.2, -0.15) is 0 Å². The maximum Gasteiger partial charge on any atom is 0.349 e. The van der Waals surface area contributed by atoms with Crippen molar-refractivity contribution in [2.24, 2.45) is 5.73 Å². The Morgan fingerprint density at radius 3 is 2.33 bits per heavy atom. The molecule has 21 heavy (non-hydrogen) atoms. The third-order valence-electron chi connectivity index (χ3n) is 2.79. The van der Waals surface area contributed by atoms with Gasteiger partial charge < -0.3 is 15.6 Å². The van der Waals surface area contributed by atoms with E-state index >= 15 is 0 Å². The highest BCUT2D eigenvalue weighted by Crippen LogP contribution is 2.27. The summed E-state index contributed by atoms with van der Waals surface area (Å²) in [6.07, 6.45) is -1.37. The molecule has 108 valence electrons. The predicted octanol–water partition coefficient (Wildman–Crippen LogP) is 2.13. The highest BCUT2D eigenvalue weighted by atomic mass is 19.1. The lowest BCUT2D eigenvalue weighted by molar-refractivity contribution is -0.145. The Morgan fingerprint density at radius 2 is 1.76 bits per heavy atom. The Bertz CT molecular complexity index is 673. The summed E-state index contributed by atoms with van der Waals surface area (Å²) in [6, 6.07) is 11.8. The Hall–Kier alpha value is -2.89. The summed E-state index contributed by atoms with van der Waals surface area (Å²) in [5.74, 6) is -3.36. The fourth-order valence-electron chi connectivity index (χ4n) is 1.86. The molecule has 0 saturated heterocycles. The smallest absolute Gasteiger partial charge is 0.349 e. The largest absolute Gasteiger partial charge is 0.478 e. The monoisotopic (exact) mass is 289 g/mol. The van der Waals surface area contributed by atoms with Crippen molar-refractivity contribution in [3.05, 3.63) is 65.5 Å². The van der Waals surface area contributed by atoms with Crippen LogP contribution >= 0.6 is 0 Å². The summed E-state index contributed by atoms with van der Waals surface area (Å²) < 4.78 is 18.9. The quantitative estimate of drug-likeness (QED) is 0.882. The van der Waals surface area contributed by atoms with Crippen LogP contribution in [0.4, 0.5) is 4.39 Å². The number of carbonyl (C=O) groups is 2. The Morgan fingerprint density at radius 1 is 1.10 bits per heavy atom. The molecule has 2 rings (SSSR count). The lowest BCUT2D eigenvalue weighted by atomic mass is 10.1. The number of aliphatic carboxylic acids is 1. The zero-order valence-electron chi connectivity index (χ0n) is 10.8. The number of amides is 1. The highest BCUT2D eigenvalue weighted by molar-refractivity contribution is 5.96. The van der Waals surface area contributed by atoms with Crippen molar-refractivity contribution in [1.82, 2.24) is 0 Å². The Labute approximate surface area is 119 Å². The number of carboxylic acid groups (broad SMARTS) is 1. The number of hydrogen-bond acceptors (Lipinski definition) is 3. The van der Waals surface area contributed by atoms with Gasteiger partial charge in [0.2, 0.25) is 6.10 Å². The van der Waals surface area contributed by atoms with E-state index in [-0.39, 0.29) is 5.75 Å². The zero-order chi connectivity index (χ0) is 15.4. The van der Waals surface area contributed by atoms with Crippen LogP contribution in [0.5, 0.6) is 5.75 Å². The van der Waals surface area contributed by atoms with E-state index in [0.29, 0.717) is 5.56 Å². The van der Waals surface area contributed by atoms with Crippen LogP contribution in [0.25, 0.3) is 0 Å². The molecule has 0 heterocycles. The first kappa shape index (κ1) is 14.5. The van der Waals surface area contributed by atoms with Gasteiger partial charge in [0.15, 0.2) is 0 Å². The van der Waals surface area contributed by atoms with Crippen molar-refractivity contribution in [3.63, 3.8) is 0 Å². The molecular formula is C15H12FNO4. The maximum absolute atomic E-state index is 13.6. The maximum atomic E-state index is 13.6. The summed E-state index contributed by atoms with van der Waals surface area (Å²) in [6.45, 7) is 0. The molecule has 0 aromatic heterocycles. The topological polar surface area (TPSA) is 89.6 Å². The van der Waals surface area contributed by atoms with Gasteiger partial charge in [-0.3, -0.25) is 4.79 Å². The summed E-state index contributed by atoms with van der Waals surface area (Å²) in [7, 11) is 0. The number of ether oxygens (including phenoxy) is 1. The standard InChI is InChI=1S/C15H12FNO4/c16-10-7-4-8-11(12(10)14(17)18)21-13(15(19)20)9-5-2-1-3-6-9/h1-8,13H,(H2,17,18)(H,19,20). The van der Waals surface area contributed by atoms with Crippen LogP contribution in [0.1, 0.15) is 22.0 Å². The van der Waals surface area contributed by atoms with E-state index in [1.54, 1.807) is 30.3 Å². The molecule has 3 N–H and O–H groups in total. The van der Waals surface area contributed by atoms with E-state index in [0.717, 1.165) is 6.07 Å². The number of nitrogens with two attached hydrogens (primary N) is 1. The highest BCUT2D eigenvalue weighted by Gasteiger charge is 2.25. The number of carbonyl (C=O) groups excluding carboxylic acids is 1. The molecule has 0 fully saturated rings. The second-order valence-electron chi connectivity index (χ2n) is 4.22. The number of rotatable bonds is 5. The first-order chi connectivity index (χ1) is 10.0. The van der Waals surface area contributed by atoms with Gasteiger partial charge in [0.1, 0.15) is 17.1 Å². The van der Waals surface area contributed by atoms with E-state index in [9.17, 15) is 19.1 Å². The molecule has 6 heteroatoms. The minimum Gasteiger partial charge on any atom is -0.478 e. The van der Waals surface area contributed by atoms with Crippen molar-refractivity contribution in [3.8, 4) is 5.75 Å². The lowest BCUT2D eigenvalue weighted by Crippen LogP contribution is -2.21.